The van der Waals surface area contributed by atoms with Crippen LogP contribution in [0.1, 0.15) is 5.56 Å². The maximum Gasteiger partial charge on any atom is 0.216 e. The molecule has 2 rings (SSSR count). The van der Waals surface area contributed by atoms with Gasteiger partial charge in [-0.2, -0.15) is 4.98 Å². The fraction of sp³-hybridized carbons (Fsp3) is 0.273. The third kappa shape index (κ3) is 3.32. The van der Waals surface area contributed by atoms with E-state index in [9.17, 15) is 0 Å². The number of anilines is 1. The third-order valence-corrected chi connectivity index (χ3v) is 3.91. The van der Waals surface area contributed by atoms with E-state index in [1.54, 1.807) is 14.2 Å². The molecule has 0 aliphatic heterocycles. The molecule has 0 unspecified atom stereocenters. The molecule has 19 heavy (non-hydrogen) atoms. The lowest BCUT2D eigenvalue weighted by molar-refractivity contribution is 0.398. The largest absolute Gasteiger partial charge is 0.496 e. The van der Waals surface area contributed by atoms with Crippen molar-refractivity contribution in [3.8, 4) is 11.5 Å². The van der Waals surface area contributed by atoms with Crippen molar-refractivity contribution in [2.24, 2.45) is 0 Å². The van der Waals surface area contributed by atoms with Gasteiger partial charge in [0, 0.05) is 11.3 Å². The maximum absolute atomic E-state index is 5.48. The second-order valence-corrected chi connectivity index (χ2v) is 5.39. The molecule has 0 spiro atoms. The highest BCUT2D eigenvalue weighted by molar-refractivity contribution is 9.10. The number of nitrogens with one attached hydrogen (secondary N) is 1. The summed E-state index contributed by atoms with van der Waals surface area (Å²) in [6, 6.07) is 3.80. The van der Waals surface area contributed by atoms with Gasteiger partial charge in [0.1, 0.15) is 11.5 Å². The first-order valence-corrected chi connectivity index (χ1v) is 7.13. The molecule has 0 aliphatic rings. The van der Waals surface area contributed by atoms with E-state index < -0.39 is 0 Å². The maximum atomic E-state index is 5.48. The number of nitrogen functional groups attached to an aromatic ring is 1. The minimum absolute atomic E-state index is 0.308. The molecule has 2 aromatic rings. The van der Waals surface area contributed by atoms with Crippen LogP contribution in [0.15, 0.2) is 21.8 Å². The van der Waals surface area contributed by atoms with Gasteiger partial charge >= 0.3 is 0 Å². The number of H-pyrrole nitrogens is 1. The van der Waals surface area contributed by atoms with Crippen LogP contribution in [-0.4, -0.2) is 29.4 Å². The number of rotatable bonds is 5. The Labute approximate surface area is 123 Å². The van der Waals surface area contributed by atoms with E-state index >= 15 is 0 Å². The number of nitrogens with two attached hydrogens (primary N) is 1. The Morgan fingerprint density at radius 2 is 2.05 bits per heavy atom. The van der Waals surface area contributed by atoms with Gasteiger partial charge in [-0.05, 0) is 28.1 Å². The summed E-state index contributed by atoms with van der Waals surface area (Å²) in [6.45, 7) is 0. The predicted octanol–water partition coefficient (Wildman–Crippen LogP) is 2.46. The van der Waals surface area contributed by atoms with Crippen molar-refractivity contribution in [3.63, 3.8) is 0 Å². The standard InChI is InChI=1S/C11H13BrN4O2S/c1-17-8-4-7(12)9(18-2)3-6(8)5-19-11-14-10(13)15-16-11/h3-4H,5H2,1-2H3,(H3,13,14,15,16). The van der Waals surface area contributed by atoms with Crippen LogP contribution >= 0.6 is 27.7 Å². The molecule has 0 radical (unpaired) electrons. The highest BCUT2D eigenvalue weighted by Gasteiger charge is 2.11. The van der Waals surface area contributed by atoms with Gasteiger partial charge in [0.05, 0.1) is 18.7 Å². The van der Waals surface area contributed by atoms with Crippen LogP contribution in [0.3, 0.4) is 0 Å². The van der Waals surface area contributed by atoms with Gasteiger partial charge in [-0.3, -0.25) is 0 Å². The molecular weight excluding hydrogens is 332 g/mol. The van der Waals surface area contributed by atoms with E-state index in [1.165, 1.54) is 11.8 Å². The first kappa shape index (κ1) is 14.0. The summed E-state index contributed by atoms with van der Waals surface area (Å²) in [5.74, 6) is 2.50. The average molecular weight is 345 g/mol. The van der Waals surface area contributed by atoms with Gasteiger partial charge in [-0.15, -0.1) is 5.10 Å². The zero-order chi connectivity index (χ0) is 13.8. The molecule has 0 amide bonds. The number of hydrogen-bond donors (Lipinski definition) is 2. The number of methoxy groups -OCH3 is 2. The molecule has 1 heterocycles. The third-order valence-electron chi connectivity index (χ3n) is 2.39. The lowest BCUT2D eigenvalue weighted by atomic mass is 10.2. The Morgan fingerprint density at radius 3 is 2.63 bits per heavy atom. The summed E-state index contributed by atoms with van der Waals surface area (Å²) in [5.41, 5.74) is 6.47. The quantitative estimate of drug-likeness (QED) is 0.810. The normalized spacial score (nSPS) is 10.5. The van der Waals surface area contributed by atoms with E-state index in [0.717, 1.165) is 21.5 Å². The van der Waals surface area contributed by atoms with Crippen LogP contribution in [0, 0.1) is 0 Å². The number of ether oxygens (including phenoxy) is 2. The first-order valence-electron chi connectivity index (χ1n) is 5.35. The van der Waals surface area contributed by atoms with Crippen molar-refractivity contribution in [2.75, 3.05) is 20.0 Å². The van der Waals surface area contributed by atoms with Gasteiger partial charge < -0.3 is 15.2 Å². The number of aromatic amines is 1. The van der Waals surface area contributed by atoms with E-state index in [0.29, 0.717) is 16.9 Å². The fourth-order valence-electron chi connectivity index (χ4n) is 1.50. The van der Waals surface area contributed by atoms with Crippen LogP contribution in [0.4, 0.5) is 5.95 Å². The van der Waals surface area contributed by atoms with Crippen LogP contribution in [0.25, 0.3) is 0 Å². The van der Waals surface area contributed by atoms with E-state index in [4.69, 9.17) is 15.2 Å². The highest BCUT2D eigenvalue weighted by atomic mass is 79.9. The van der Waals surface area contributed by atoms with E-state index in [-0.39, 0.29) is 0 Å². The molecule has 1 aromatic heterocycles. The number of nitrogens with zero attached hydrogens (tertiary/aromatic N) is 2. The molecule has 0 bridgehead atoms. The molecular formula is C11H13BrN4O2S. The molecule has 102 valence electrons. The van der Waals surface area contributed by atoms with Crippen LogP contribution in [0.2, 0.25) is 0 Å². The Morgan fingerprint density at radius 1 is 1.32 bits per heavy atom. The zero-order valence-electron chi connectivity index (χ0n) is 10.4. The van der Waals surface area contributed by atoms with Crippen molar-refractivity contribution in [1.29, 1.82) is 0 Å². The monoisotopic (exact) mass is 344 g/mol. The Hall–Kier alpha value is -1.41. The molecule has 8 heteroatoms. The molecule has 3 N–H and O–H groups in total. The predicted molar refractivity (Wildman–Crippen MR) is 77.6 cm³/mol. The molecule has 6 nitrogen and oxygen atoms in total. The first-order chi connectivity index (χ1) is 9.13. The SMILES string of the molecule is COc1cc(CSc2n[nH]c(N)n2)c(OC)cc1Br. The summed E-state index contributed by atoms with van der Waals surface area (Å²) in [4.78, 5) is 4.03. The van der Waals surface area contributed by atoms with Crippen molar-refractivity contribution in [2.45, 2.75) is 10.9 Å². The van der Waals surface area contributed by atoms with Crippen LogP contribution in [-0.2, 0) is 5.75 Å². The van der Waals surface area contributed by atoms with Crippen molar-refractivity contribution in [1.82, 2.24) is 15.2 Å². The lowest BCUT2D eigenvalue weighted by Crippen LogP contribution is -1.94. The number of benzene rings is 1. The van der Waals surface area contributed by atoms with Gasteiger partial charge in [-0.25, -0.2) is 5.10 Å². The fourth-order valence-corrected chi connectivity index (χ4v) is 2.77. The summed E-state index contributed by atoms with van der Waals surface area (Å²) < 4.78 is 11.5. The Balaban J connectivity index is 2.18. The van der Waals surface area contributed by atoms with Crippen molar-refractivity contribution in [3.05, 3.63) is 22.2 Å². The second-order valence-electron chi connectivity index (χ2n) is 3.59. The summed E-state index contributed by atoms with van der Waals surface area (Å²) >= 11 is 4.89. The summed E-state index contributed by atoms with van der Waals surface area (Å²) in [5, 5.41) is 7.16. The van der Waals surface area contributed by atoms with E-state index in [1.807, 2.05) is 12.1 Å². The highest BCUT2D eigenvalue weighted by Crippen LogP contribution is 2.35. The zero-order valence-corrected chi connectivity index (χ0v) is 12.8. The Kier molecular flexibility index (Phi) is 4.54. The van der Waals surface area contributed by atoms with Gasteiger partial charge in [0.2, 0.25) is 11.1 Å². The minimum atomic E-state index is 0.308. The molecule has 0 atom stereocenters. The minimum Gasteiger partial charge on any atom is -0.496 e. The van der Waals surface area contributed by atoms with E-state index in [2.05, 4.69) is 31.1 Å². The topological polar surface area (TPSA) is 86.0 Å². The second kappa shape index (κ2) is 6.16. The van der Waals surface area contributed by atoms with Crippen LogP contribution < -0.4 is 15.2 Å². The molecule has 0 aliphatic carbocycles. The van der Waals surface area contributed by atoms with Crippen LogP contribution in [0.5, 0.6) is 11.5 Å². The molecule has 0 saturated carbocycles. The lowest BCUT2D eigenvalue weighted by Gasteiger charge is -2.11. The summed E-state index contributed by atoms with van der Waals surface area (Å²) in [6.07, 6.45) is 0. The van der Waals surface area contributed by atoms with Gasteiger partial charge in [0.15, 0.2) is 0 Å². The van der Waals surface area contributed by atoms with Crippen molar-refractivity contribution < 1.29 is 9.47 Å². The average Bonchev–Trinajstić information content (AvgIpc) is 2.82. The molecule has 1 aromatic carbocycles. The smallest absolute Gasteiger partial charge is 0.216 e. The number of thioether (sulfide) groups is 1. The van der Waals surface area contributed by atoms with Gasteiger partial charge in [-0.1, -0.05) is 11.8 Å². The van der Waals surface area contributed by atoms with Gasteiger partial charge in [0.25, 0.3) is 0 Å². The number of halogens is 1. The molecule has 0 fully saturated rings. The number of aromatic nitrogens is 3. The Bertz CT molecular complexity index is 576. The summed E-state index contributed by atoms with van der Waals surface area (Å²) in [7, 11) is 3.26. The molecule has 0 saturated heterocycles. The number of hydrogen-bond acceptors (Lipinski definition) is 6. The van der Waals surface area contributed by atoms with Crippen molar-refractivity contribution >= 4 is 33.6 Å².